The van der Waals surface area contributed by atoms with Crippen LogP contribution in [0.2, 0.25) is 0 Å². The Kier molecular flexibility index (Phi) is 5.65. The van der Waals surface area contributed by atoms with Crippen molar-refractivity contribution in [3.63, 3.8) is 0 Å². The Morgan fingerprint density at radius 2 is 2.05 bits per heavy atom. The quantitative estimate of drug-likeness (QED) is 0.808. The largest absolute Gasteiger partial charge is 0.497 e. The van der Waals surface area contributed by atoms with Crippen LogP contribution in [0.4, 0.5) is 4.39 Å². The van der Waals surface area contributed by atoms with Crippen LogP contribution in [0.3, 0.4) is 0 Å². The molecule has 0 fully saturated rings. The van der Waals surface area contributed by atoms with E-state index in [2.05, 4.69) is 30.4 Å². The fraction of sp³-hybridized carbons (Fsp3) is 0.294. The average Bonchev–Trinajstić information content (AvgIpc) is 2.49. The second-order valence-corrected chi connectivity index (χ2v) is 5.95. The van der Waals surface area contributed by atoms with Crippen LogP contribution in [0.15, 0.2) is 47.4 Å². The molecule has 1 atom stereocenters. The fourth-order valence-electron chi connectivity index (χ4n) is 2.13. The second-order valence-electron chi connectivity index (χ2n) is 4.86. The maximum Gasteiger partial charge on any atom is 0.131 e. The molecule has 2 aromatic carbocycles. The molecule has 21 heavy (non-hydrogen) atoms. The van der Waals surface area contributed by atoms with Crippen molar-refractivity contribution in [3.05, 3.63) is 59.4 Å². The third-order valence-electron chi connectivity index (χ3n) is 3.34. The van der Waals surface area contributed by atoms with E-state index in [0.29, 0.717) is 11.3 Å². The van der Waals surface area contributed by atoms with E-state index in [1.807, 2.05) is 13.1 Å². The van der Waals surface area contributed by atoms with Gasteiger partial charge < -0.3 is 10.1 Å². The number of ether oxygens (including phenoxy) is 1. The van der Waals surface area contributed by atoms with Crippen molar-refractivity contribution in [2.45, 2.75) is 17.9 Å². The Hall–Kier alpha value is -1.52. The Morgan fingerprint density at radius 1 is 1.24 bits per heavy atom. The van der Waals surface area contributed by atoms with Gasteiger partial charge in [0, 0.05) is 28.3 Å². The molecule has 2 rings (SSSR count). The molecule has 2 aromatic rings. The minimum atomic E-state index is -0.237. The van der Waals surface area contributed by atoms with Crippen LogP contribution >= 0.6 is 11.8 Å². The van der Waals surface area contributed by atoms with Crippen molar-refractivity contribution in [2.24, 2.45) is 0 Å². The van der Waals surface area contributed by atoms with E-state index in [1.165, 1.54) is 23.6 Å². The molecular weight excluding hydrogens is 285 g/mol. The molecule has 0 aromatic heterocycles. The second kappa shape index (κ2) is 7.48. The molecule has 0 saturated carbocycles. The van der Waals surface area contributed by atoms with E-state index in [1.54, 1.807) is 23.9 Å². The van der Waals surface area contributed by atoms with Gasteiger partial charge in [0.1, 0.15) is 11.6 Å². The lowest BCUT2D eigenvalue weighted by Gasteiger charge is -2.17. The van der Waals surface area contributed by atoms with Crippen molar-refractivity contribution >= 4 is 11.8 Å². The summed E-state index contributed by atoms with van der Waals surface area (Å²) < 4.78 is 19.2. The minimum Gasteiger partial charge on any atom is -0.497 e. The molecule has 0 heterocycles. The van der Waals surface area contributed by atoms with Gasteiger partial charge in [-0.1, -0.05) is 23.8 Å². The van der Waals surface area contributed by atoms with E-state index in [0.717, 1.165) is 5.75 Å². The normalized spacial score (nSPS) is 12.2. The first-order valence-electron chi connectivity index (χ1n) is 6.84. The number of halogens is 1. The summed E-state index contributed by atoms with van der Waals surface area (Å²) in [6.07, 6.45) is 0. The molecule has 0 saturated heterocycles. The zero-order chi connectivity index (χ0) is 15.2. The summed E-state index contributed by atoms with van der Waals surface area (Å²) in [5, 5.41) is 3.18. The van der Waals surface area contributed by atoms with Crippen LogP contribution in [0.5, 0.6) is 5.75 Å². The zero-order valence-corrected chi connectivity index (χ0v) is 13.3. The van der Waals surface area contributed by atoms with Gasteiger partial charge in [-0.15, -0.1) is 11.8 Å². The van der Waals surface area contributed by atoms with Crippen LogP contribution in [0.25, 0.3) is 0 Å². The summed E-state index contributed by atoms with van der Waals surface area (Å²) in [4.78, 5) is 1.20. The number of hydrogen-bond donors (Lipinski definition) is 1. The fourth-order valence-corrected chi connectivity index (χ4v) is 3.28. The van der Waals surface area contributed by atoms with E-state index in [-0.39, 0.29) is 11.9 Å². The summed E-state index contributed by atoms with van der Waals surface area (Å²) in [5.41, 5.74) is 1.90. The van der Waals surface area contributed by atoms with Gasteiger partial charge in [0.2, 0.25) is 0 Å². The number of nitrogens with one attached hydrogen (secondary N) is 1. The van der Waals surface area contributed by atoms with Crippen molar-refractivity contribution in [1.29, 1.82) is 0 Å². The standard InChI is InChI=1S/C17H20FNOS/c1-12-5-4-6-14(9-12)21-11-17(19-2)15-8-7-13(20-3)10-16(15)18/h4-10,17,19H,11H2,1-3H3. The highest BCUT2D eigenvalue weighted by Crippen LogP contribution is 2.28. The van der Waals surface area contributed by atoms with Gasteiger partial charge >= 0.3 is 0 Å². The molecule has 0 aliphatic heterocycles. The zero-order valence-electron chi connectivity index (χ0n) is 12.5. The highest BCUT2D eigenvalue weighted by molar-refractivity contribution is 7.99. The number of aryl methyl sites for hydroxylation is 1. The van der Waals surface area contributed by atoms with E-state index in [9.17, 15) is 4.39 Å². The Bertz CT molecular complexity index is 603. The summed E-state index contributed by atoms with van der Waals surface area (Å²) in [6, 6.07) is 13.3. The molecule has 0 aliphatic rings. The van der Waals surface area contributed by atoms with E-state index >= 15 is 0 Å². The van der Waals surface area contributed by atoms with Gasteiger partial charge in [0.05, 0.1) is 7.11 Å². The molecule has 0 amide bonds. The molecule has 0 spiro atoms. The summed E-state index contributed by atoms with van der Waals surface area (Å²) >= 11 is 1.72. The maximum atomic E-state index is 14.1. The van der Waals surface area contributed by atoms with Gasteiger partial charge in [-0.25, -0.2) is 4.39 Å². The smallest absolute Gasteiger partial charge is 0.131 e. The third-order valence-corrected chi connectivity index (χ3v) is 4.42. The number of hydrogen-bond acceptors (Lipinski definition) is 3. The first kappa shape index (κ1) is 15.9. The Balaban J connectivity index is 2.09. The molecular formula is C17H20FNOS. The Labute approximate surface area is 129 Å². The Morgan fingerprint density at radius 3 is 2.67 bits per heavy atom. The molecule has 0 bridgehead atoms. The highest BCUT2D eigenvalue weighted by Gasteiger charge is 2.15. The minimum absolute atomic E-state index is 0.0404. The highest BCUT2D eigenvalue weighted by atomic mass is 32.2. The summed E-state index contributed by atoms with van der Waals surface area (Å²) in [6.45, 7) is 2.07. The molecule has 112 valence electrons. The predicted molar refractivity (Wildman–Crippen MR) is 86.7 cm³/mol. The number of benzene rings is 2. The van der Waals surface area contributed by atoms with Gasteiger partial charge in [0.15, 0.2) is 0 Å². The SMILES string of the molecule is CNC(CSc1cccc(C)c1)c1ccc(OC)cc1F. The van der Waals surface area contributed by atoms with E-state index < -0.39 is 0 Å². The van der Waals surface area contributed by atoms with Crippen LogP contribution in [0.1, 0.15) is 17.2 Å². The first-order chi connectivity index (χ1) is 10.1. The number of rotatable bonds is 6. The summed E-state index contributed by atoms with van der Waals surface area (Å²) in [5.74, 6) is 1.07. The van der Waals surface area contributed by atoms with Gasteiger partial charge in [-0.2, -0.15) is 0 Å². The molecule has 0 aliphatic carbocycles. The van der Waals surface area contributed by atoms with E-state index in [4.69, 9.17) is 4.74 Å². The summed E-state index contributed by atoms with van der Waals surface area (Å²) in [7, 11) is 3.39. The van der Waals surface area contributed by atoms with Crippen LogP contribution < -0.4 is 10.1 Å². The van der Waals surface area contributed by atoms with Crippen molar-refractivity contribution in [1.82, 2.24) is 5.32 Å². The van der Waals surface area contributed by atoms with Crippen molar-refractivity contribution in [3.8, 4) is 5.75 Å². The van der Waals surface area contributed by atoms with Crippen LogP contribution in [0, 0.1) is 12.7 Å². The molecule has 4 heteroatoms. The molecule has 2 nitrogen and oxygen atoms in total. The van der Waals surface area contributed by atoms with Gasteiger partial charge in [-0.3, -0.25) is 0 Å². The lowest BCUT2D eigenvalue weighted by molar-refractivity contribution is 0.410. The van der Waals surface area contributed by atoms with Gasteiger partial charge in [-0.05, 0) is 32.2 Å². The average molecular weight is 305 g/mol. The maximum absolute atomic E-state index is 14.1. The molecule has 1 N–H and O–H groups in total. The molecule has 0 radical (unpaired) electrons. The van der Waals surface area contributed by atoms with Crippen molar-refractivity contribution < 1.29 is 9.13 Å². The predicted octanol–water partition coefficient (Wildman–Crippen LogP) is 4.20. The molecule has 1 unspecified atom stereocenters. The third kappa shape index (κ3) is 4.22. The lowest BCUT2D eigenvalue weighted by atomic mass is 10.1. The van der Waals surface area contributed by atoms with Crippen LogP contribution in [-0.2, 0) is 0 Å². The first-order valence-corrected chi connectivity index (χ1v) is 7.82. The number of methoxy groups -OCH3 is 1. The topological polar surface area (TPSA) is 21.3 Å². The van der Waals surface area contributed by atoms with Crippen LogP contribution in [-0.4, -0.2) is 19.9 Å². The van der Waals surface area contributed by atoms with Gasteiger partial charge in [0.25, 0.3) is 0 Å². The van der Waals surface area contributed by atoms with Crippen molar-refractivity contribution in [2.75, 3.05) is 19.9 Å². The lowest BCUT2D eigenvalue weighted by Crippen LogP contribution is -2.20. The number of thioether (sulfide) groups is 1. The monoisotopic (exact) mass is 305 g/mol.